The molecule has 2 aromatic heterocycles. The number of hydrazine groups is 1. The number of aromatic nitrogens is 2. The van der Waals surface area contributed by atoms with Gasteiger partial charge >= 0.3 is 0 Å². The third-order valence-corrected chi connectivity index (χ3v) is 3.29. The van der Waals surface area contributed by atoms with Crippen LogP contribution >= 0.6 is 0 Å². The van der Waals surface area contributed by atoms with E-state index in [1.54, 1.807) is 18.3 Å². The third-order valence-electron chi connectivity index (χ3n) is 3.29. The number of amides is 1. The Morgan fingerprint density at radius 1 is 1.35 bits per heavy atom. The van der Waals surface area contributed by atoms with Gasteiger partial charge in [0, 0.05) is 44.3 Å². The summed E-state index contributed by atoms with van der Waals surface area (Å²) in [4.78, 5) is 25.8. The minimum absolute atomic E-state index is 0.445. The smallest absolute Gasteiger partial charge is 0.223 e. The van der Waals surface area contributed by atoms with Gasteiger partial charge in [-0.1, -0.05) is 0 Å². The minimum atomic E-state index is 0.445. The summed E-state index contributed by atoms with van der Waals surface area (Å²) >= 11 is 0. The van der Waals surface area contributed by atoms with Crippen LogP contribution in [0.25, 0.3) is 11.0 Å². The lowest BCUT2D eigenvalue weighted by molar-refractivity contribution is -0.130. The van der Waals surface area contributed by atoms with Gasteiger partial charge in [0.25, 0.3) is 0 Å². The van der Waals surface area contributed by atoms with Crippen molar-refractivity contribution in [1.82, 2.24) is 19.6 Å². The predicted molar refractivity (Wildman–Crippen MR) is 75.7 cm³/mol. The number of rotatable bonds is 7. The van der Waals surface area contributed by atoms with Gasteiger partial charge in [-0.05, 0) is 18.2 Å². The van der Waals surface area contributed by atoms with E-state index < -0.39 is 0 Å². The highest BCUT2D eigenvalue weighted by Crippen LogP contribution is 2.19. The summed E-state index contributed by atoms with van der Waals surface area (Å²) in [5, 5.41) is 4.32. The summed E-state index contributed by atoms with van der Waals surface area (Å²) in [6, 6.07) is 5.92. The van der Waals surface area contributed by atoms with Crippen molar-refractivity contribution < 1.29 is 9.59 Å². The fourth-order valence-electron chi connectivity index (χ4n) is 2.13. The second-order valence-corrected chi connectivity index (χ2v) is 4.65. The van der Waals surface area contributed by atoms with Crippen LogP contribution in [0.1, 0.15) is 12.1 Å². The molecular weight excluding hydrogens is 256 g/mol. The maximum absolute atomic E-state index is 10.8. The average Bonchev–Trinajstić information content (AvgIpc) is 2.81. The highest BCUT2D eigenvalue weighted by molar-refractivity contribution is 5.77. The molecule has 0 aliphatic carbocycles. The molecule has 0 N–H and O–H groups in total. The Hall–Kier alpha value is -2.21. The molecule has 6 heteroatoms. The Kier molecular flexibility index (Phi) is 4.47. The van der Waals surface area contributed by atoms with E-state index in [0.29, 0.717) is 19.5 Å². The molecule has 0 aromatic carbocycles. The maximum atomic E-state index is 10.8. The molecule has 0 aliphatic heterocycles. The highest BCUT2D eigenvalue weighted by Gasteiger charge is 2.12. The van der Waals surface area contributed by atoms with Crippen LogP contribution in [0.3, 0.4) is 0 Å². The van der Waals surface area contributed by atoms with E-state index in [-0.39, 0.29) is 0 Å². The molecule has 0 spiro atoms. The number of hydrogen-bond donors (Lipinski definition) is 0. The SMILES string of the molecule is CN(C=O)N(C)Cc1cc2cccnc2n1CCC=O. The number of fused-ring (bicyclic) bond motifs is 1. The first-order valence-corrected chi connectivity index (χ1v) is 6.43. The van der Waals surface area contributed by atoms with E-state index in [0.717, 1.165) is 29.4 Å². The quantitative estimate of drug-likeness (QED) is 0.559. The molecule has 0 unspecified atom stereocenters. The second-order valence-electron chi connectivity index (χ2n) is 4.65. The highest BCUT2D eigenvalue weighted by atomic mass is 16.1. The fraction of sp³-hybridized carbons (Fsp3) is 0.357. The maximum Gasteiger partial charge on any atom is 0.223 e. The number of nitrogens with zero attached hydrogens (tertiary/aromatic N) is 4. The van der Waals surface area contributed by atoms with Crippen LogP contribution in [0.4, 0.5) is 0 Å². The first kappa shape index (κ1) is 14.2. The summed E-state index contributed by atoms with van der Waals surface area (Å²) in [7, 11) is 3.53. The largest absolute Gasteiger partial charge is 0.328 e. The Labute approximate surface area is 117 Å². The molecule has 2 aromatic rings. The van der Waals surface area contributed by atoms with Crippen molar-refractivity contribution in [2.45, 2.75) is 19.5 Å². The van der Waals surface area contributed by atoms with E-state index >= 15 is 0 Å². The predicted octanol–water partition coefficient (Wildman–Crippen LogP) is 1.06. The van der Waals surface area contributed by atoms with Gasteiger partial charge in [0.05, 0.1) is 6.54 Å². The van der Waals surface area contributed by atoms with Crippen molar-refractivity contribution in [3.05, 3.63) is 30.1 Å². The number of hydrogen-bond acceptors (Lipinski definition) is 4. The van der Waals surface area contributed by atoms with Crippen LogP contribution in [-0.4, -0.2) is 46.4 Å². The Morgan fingerprint density at radius 3 is 2.85 bits per heavy atom. The Morgan fingerprint density at radius 2 is 2.15 bits per heavy atom. The lowest BCUT2D eigenvalue weighted by atomic mass is 10.3. The zero-order valence-corrected chi connectivity index (χ0v) is 11.7. The first-order valence-electron chi connectivity index (χ1n) is 6.43. The van der Waals surface area contributed by atoms with Crippen molar-refractivity contribution >= 4 is 23.7 Å². The van der Waals surface area contributed by atoms with Crippen LogP contribution in [-0.2, 0) is 22.7 Å². The van der Waals surface area contributed by atoms with E-state index in [1.165, 1.54) is 5.01 Å². The van der Waals surface area contributed by atoms with Gasteiger partial charge in [-0.2, -0.15) is 0 Å². The fourth-order valence-corrected chi connectivity index (χ4v) is 2.13. The number of aryl methyl sites for hydroxylation is 1. The van der Waals surface area contributed by atoms with Crippen LogP contribution in [0.5, 0.6) is 0 Å². The number of pyridine rings is 1. The second kappa shape index (κ2) is 6.29. The molecule has 0 saturated carbocycles. The molecule has 1 amide bonds. The van der Waals surface area contributed by atoms with Gasteiger partial charge in [0.1, 0.15) is 11.9 Å². The van der Waals surface area contributed by atoms with E-state index in [1.807, 2.05) is 29.8 Å². The van der Waals surface area contributed by atoms with E-state index in [9.17, 15) is 9.59 Å². The molecule has 0 fully saturated rings. The summed E-state index contributed by atoms with van der Waals surface area (Å²) in [5.74, 6) is 0. The third kappa shape index (κ3) is 2.85. The molecule has 0 bridgehead atoms. The van der Waals surface area contributed by atoms with Crippen molar-refractivity contribution in [3.8, 4) is 0 Å². The average molecular weight is 274 g/mol. The zero-order chi connectivity index (χ0) is 14.5. The molecule has 0 saturated heterocycles. The summed E-state index contributed by atoms with van der Waals surface area (Å²) in [6.07, 6.45) is 3.85. The normalized spacial score (nSPS) is 10.9. The van der Waals surface area contributed by atoms with Gasteiger partial charge in [-0.15, -0.1) is 0 Å². The molecule has 0 radical (unpaired) electrons. The number of carbonyl (C=O) groups excluding carboxylic acids is 2. The van der Waals surface area contributed by atoms with Crippen molar-refractivity contribution in [3.63, 3.8) is 0 Å². The molecule has 106 valence electrons. The lowest BCUT2D eigenvalue weighted by Gasteiger charge is -2.24. The van der Waals surface area contributed by atoms with Crippen LogP contribution in [0, 0.1) is 0 Å². The standard InChI is InChI=1S/C14H18N4O2/c1-16(17(2)11-20)10-13-9-12-5-3-6-15-14(12)18(13)7-4-8-19/h3,5-6,8-9,11H,4,7,10H2,1-2H3. The molecular formula is C14H18N4O2. The lowest BCUT2D eigenvalue weighted by Crippen LogP contribution is -2.35. The molecule has 0 atom stereocenters. The zero-order valence-electron chi connectivity index (χ0n) is 11.7. The number of aldehydes is 1. The molecule has 2 rings (SSSR count). The topological polar surface area (TPSA) is 58.4 Å². The van der Waals surface area contributed by atoms with E-state index in [2.05, 4.69) is 4.98 Å². The molecule has 0 aliphatic rings. The van der Waals surface area contributed by atoms with Crippen LogP contribution < -0.4 is 0 Å². The van der Waals surface area contributed by atoms with Gasteiger partial charge < -0.3 is 9.36 Å². The number of carbonyl (C=O) groups is 2. The van der Waals surface area contributed by atoms with Gasteiger partial charge in [-0.25, -0.2) is 9.99 Å². The van der Waals surface area contributed by atoms with Crippen molar-refractivity contribution in [2.24, 2.45) is 0 Å². The monoisotopic (exact) mass is 274 g/mol. The summed E-state index contributed by atoms with van der Waals surface area (Å²) in [5.41, 5.74) is 1.89. The van der Waals surface area contributed by atoms with Crippen molar-refractivity contribution in [2.75, 3.05) is 14.1 Å². The minimum Gasteiger partial charge on any atom is -0.328 e. The van der Waals surface area contributed by atoms with Crippen molar-refractivity contribution in [1.29, 1.82) is 0 Å². The molecule has 2 heterocycles. The Balaban J connectivity index is 2.35. The van der Waals surface area contributed by atoms with Gasteiger partial charge in [-0.3, -0.25) is 9.80 Å². The molecule has 6 nitrogen and oxygen atoms in total. The van der Waals surface area contributed by atoms with Crippen LogP contribution in [0.15, 0.2) is 24.4 Å². The first-order chi connectivity index (χ1) is 9.67. The van der Waals surface area contributed by atoms with Gasteiger partial charge in [0.2, 0.25) is 6.41 Å². The molecule has 20 heavy (non-hydrogen) atoms. The summed E-state index contributed by atoms with van der Waals surface area (Å²) < 4.78 is 2.03. The van der Waals surface area contributed by atoms with Crippen LogP contribution in [0.2, 0.25) is 0 Å². The summed E-state index contributed by atoms with van der Waals surface area (Å²) in [6.45, 7) is 1.17. The van der Waals surface area contributed by atoms with E-state index in [4.69, 9.17) is 0 Å². The van der Waals surface area contributed by atoms with Gasteiger partial charge in [0.15, 0.2) is 0 Å². The Bertz CT molecular complexity index is 608.